The molecule has 0 heterocycles. The first-order valence-electron chi connectivity index (χ1n) is 9.14. The van der Waals surface area contributed by atoms with Crippen LogP contribution in [0.15, 0.2) is 72.8 Å². The van der Waals surface area contributed by atoms with Gasteiger partial charge in [-0.1, -0.05) is 41.9 Å². The van der Waals surface area contributed by atoms with Crippen LogP contribution >= 0.6 is 11.6 Å². The molecule has 0 bridgehead atoms. The maximum atomic E-state index is 12.8. The monoisotopic (exact) mass is 407 g/mol. The van der Waals surface area contributed by atoms with Crippen molar-refractivity contribution in [3.05, 3.63) is 94.5 Å². The molecule has 0 saturated heterocycles. The van der Waals surface area contributed by atoms with Crippen LogP contribution in [0.4, 0.5) is 11.4 Å². The smallest absolute Gasteiger partial charge is 0.255 e. The van der Waals surface area contributed by atoms with Crippen LogP contribution in [0.5, 0.6) is 0 Å². The van der Waals surface area contributed by atoms with Crippen molar-refractivity contribution < 1.29 is 9.59 Å². The lowest BCUT2D eigenvalue weighted by molar-refractivity contribution is 0.0950. The first kappa shape index (κ1) is 20.4. The van der Waals surface area contributed by atoms with Crippen molar-refractivity contribution in [3.8, 4) is 0 Å². The van der Waals surface area contributed by atoms with Gasteiger partial charge in [-0.3, -0.25) is 9.59 Å². The van der Waals surface area contributed by atoms with Crippen LogP contribution in [0.25, 0.3) is 0 Å². The SMILES string of the molecule is CN(C)c1ccc(NC(=O)c2ccc(Cl)cc2)cc1C(=O)NCc1ccccc1. The molecule has 29 heavy (non-hydrogen) atoms. The average molecular weight is 408 g/mol. The van der Waals surface area contributed by atoms with Gasteiger partial charge in [0, 0.05) is 42.6 Å². The van der Waals surface area contributed by atoms with E-state index in [4.69, 9.17) is 11.6 Å². The van der Waals surface area contributed by atoms with Gasteiger partial charge in [0.1, 0.15) is 0 Å². The minimum Gasteiger partial charge on any atom is -0.377 e. The molecule has 6 heteroatoms. The van der Waals surface area contributed by atoms with Crippen LogP contribution in [0, 0.1) is 0 Å². The van der Waals surface area contributed by atoms with Gasteiger partial charge < -0.3 is 15.5 Å². The molecule has 0 aromatic heterocycles. The molecule has 2 amide bonds. The summed E-state index contributed by atoms with van der Waals surface area (Å²) < 4.78 is 0. The van der Waals surface area contributed by atoms with Gasteiger partial charge in [0.05, 0.1) is 5.56 Å². The van der Waals surface area contributed by atoms with Crippen molar-refractivity contribution >= 4 is 34.8 Å². The van der Waals surface area contributed by atoms with E-state index in [1.54, 1.807) is 36.4 Å². The highest BCUT2D eigenvalue weighted by Crippen LogP contribution is 2.24. The molecule has 148 valence electrons. The van der Waals surface area contributed by atoms with Crippen molar-refractivity contribution in [2.45, 2.75) is 6.54 Å². The van der Waals surface area contributed by atoms with Gasteiger partial charge in [-0.05, 0) is 48.0 Å². The topological polar surface area (TPSA) is 61.4 Å². The molecule has 0 radical (unpaired) electrons. The average Bonchev–Trinajstić information content (AvgIpc) is 2.73. The summed E-state index contributed by atoms with van der Waals surface area (Å²) in [6, 6.07) is 21.6. The molecule has 0 spiro atoms. The summed E-state index contributed by atoms with van der Waals surface area (Å²) >= 11 is 5.87. The zero-order chi connectivity index (χ0) is 20.8. The van der Waals surface area contributed by atoms with Gasteiger partial charge in [0.2, 0.25) is 0 Å². The predicted molar refractivity (Wildman–Crippen MR) is 118 cm³/mol. The van der Waals surface area contributed by atoms with Crippen molar-refractivity contribution in [3.63, 3.8) is 0 Å². The van der Waals surface area contributed by atoms with E-state index in [1.807, 2.05) is 55.4 Å². The largest absolute Gasteiger partial charge is 0.377 e. The number of nitrogens with zero attached hydrogens (tertiary/aromatic N) is 1. The Bertz CT molecular complexity index is 1000. The molecule has 0 fully saturated rings. The number of carbonyl (C=O) groups excluding carboxylic acids is 2. The Balaban J connectivity index is 1.78. The number of anilines is 2. The summed E-state index contributed by atoms with van der Waals surface area (Å²) in [4.78, 5) is 27.2. The molecule has 0 unspecified atom stereocenters. The molecule has 3 aromatic carbocycles. The lowest BCUT2D eigenvalue weighted by Crippen LogP contribution is -2.25. The fourth-order valence-electron chi connectivity index (χ4n) is 2.86. The molecular weight excluding hydrogens is 386 g/mol. The molecule has 0 aliphatic heterocycles. The zero-order valence-corrected chi connectivity index (χ0v) is 17.0. The Morgan fingerprint density at radius 1 is 0.897 bits per heavy atom. The van der Waals surface area contributed by atoms with E-state index in [-0.39, 0.29) is 11.8 Å². The van der Waals surface area contributed by atoms with Crippen LogP contribution in [-0.2, 0) is 6.54 Å². The fraction of sp³-hybridized carbons (Fsp3) is 0.130. The minimum atomic E-state index is -0.269. The van der Waals surface area contributed by atoms with Gasteiger partial charge >= 0.3 is 0 Å². The van der Waals surface area contributed by atoms with E-state index in [0.717, 1.165) is 11.3 Å². The lowest BCUT2D eigenvalue weighted by Gasteiger charge is -2.18. The van der Waals surface area contributed by atoms with Crippen molar-refractivity contribution in [1.29, 1.82) is 0 Å². The molecule has 0 atom stereocenters. The number of rotatable bonds is 6. The summed E-state index contributed by atoms with van der Waals surface area (Å²) in [7, 11) is 3.74. The number of nitrogens with one attached hydrogen (secondary N) is 2. The summed E-state index contributed by atoms with van der Waals surface area (Å²) in [5.74, 6) is -0.477. The second-order valence-electron chi connectivity index (χ2n) is 6.76. The van der Waals surface area contributed by atoms with Crippen LogP contribution < -0.4 is 15.5 Å². The Hall–Kier alpha value is -3.31. The van der Waals surface area contributed by atoms with Gasteiger partial charge in [0.25, 0.3) is 11.8 Å². The molecule has 5 nitrogen and oxygen atoms in total. The second kappa shape index (κ2) is 9.26. The summed E-state index contributed by atoms with van der Waals surface area (Å²) in [6.45, 7) is 0.425. The number of hydrogen-bond donors (Lipinski definition) is 2. The normalized spacial score (nSPS) is 10.3. The van der Waals surface area contributed by atoms with E-state index in [0.29, 0.717) is 28.4 Å². The van der Waals surface area contributed by atoms with Crippen LogP contribution in [-0.4, -0.2) is 25.9 Å². The van der Waals surface area contributed by atoms with E-state index in [2.05, 4.69) is 10.6 Å². The molecule has 0 saturated carbocycles. The number of halogens is 1. The van der Waals surface area contributed by atoms with Gasteiger partial charge in [0.15, 0.2) is 0 Å². The first-order chi connectivity index (χ1) is 13.9. The van der Waals surface area contributed by atoms with Crippen molar-refractivity contribution in [2.75, 3.05) is 24.3 Å². The lowest BCUT2D eigenvalue weighted by atomic mass is 10.1. The standard InChI is InChI=1S/C23H22ClN3O2/c1-27(2)21-13-12-19(26-22(28)17-8-10-18(24)11-9-17)14-20(21)23(29)25-15-16-6-4-3-5-7-16/h3-14H,15H2,1-2H3,(H,25,29)(H,26,28). The van der Waals surface area contributed by atoms with Crippen LogP contribution in [0.3, 0.4) is 0 Å². The highest BCUT2D eigenvalue weighted by Gasteiger charge is 2.15. The maximum Gasteiger partial charge on any atom is 0.255 e. The molecular formula is C23H22ClN3O2. The summed E-state index contributed by atoms with van der Waals surface area (Å²) in [5.41, 5.74) is 3.29. The van der Waals surface area contributed by atoms with Gasteiger partial charge in [-0.25, -0.2) is 0 Å². The van der Waals surface area contributed by atoms with Crippen LogP contribution in [0.1, 0.15) is 26.3 Å². The Kier molecular flexibility index (Phi) is 6.52. The Morgan fingerprint density at radius 2 is 1.59 bits per heavy atom. The van der Waals surface area contributed by atoms with Crippen molar-refractivity contribution in [1.82, 2.24) is 5.32 Å². The second-order valence-corrected chi connectivity index (χ2v) is 7.19. The third-order valence-corrected chi connectivity index (χ3v) is 4.64. The third-order valence-electron chi connectivity index (χ3n) is 4.38. The highest BCUT2D eigenvalue weighted by molar-refractivity contribution is 6.30. The van der Waals surface area contributed by atoms with Crippen LogP contribution in [0.2, 0.25) is 5.02 Å². The van der Waals surface area contributed by atoms with E-state index >= 15 is 0 Å². The zero-order valence-electron chi connectivity index (χ0n) is 16.3. The number of hydrogen-bond acceptors (Lipinski definition) is 3. The van der Waals surface area contributed by atoms with E-state index in [9.17, 15) is 9.59 Å². The van der Waals surface area contributed by atoms with Crippen molar-refractivity contribution in [2.24, 2.45) is 0 Å². The molecule has 0 aliphatic rings. The molecule has 3 rings (SSSR count). The number of amides is 2. The molecule has 0 aliphatic carbocycles. The minimum absolute atomic E-state index is 0.208. The number of benzene rings is 3. The quantitative estimate of drug-likeness (QED) is 0.628. The highest BCUT2D eigenvalue weighted by atomic mass is 35.5. The van der Waals surface area contributed by atoms with Gasteiger partial charge in [-0.2, -0.15) is 0 Å². The fourth-order valence-corrected chi connectivity index (χ4v) is 2.99. The molecule has 2 N–H and O–H groups in total. The summed E-state index contributed by atoms with van der Waals surface area (Å²) in [5, 5.41) is 6.33. The maximum absolute atomic E-state index is 12.8. The predicted octanol–water partition coefficient (Wildman–Crippen LogP) is 4.59. The summed E-state index contributed by atoms with van der Waals surface area (Å²) in [6.07, 6.45) is 0. The van der Waals surface area contributed by atoms with E-state index in [1.165, 1.54) is 0 Å². The Labute approximate surface area is 175 Å². The number of carbonyl (C=O) groups is 2. The first-order valence-corrected chi connectivity index (χ1v) is 9.52. The molecule has 3 aromatic rings. The van der Waals surface area contributed by atoms with Gasteiger partial charge in [-0.15, -0.1) is 0 Å². The van der Waals surface area contributed by atoms with E-state index < -0.39 is 0 Å². The third kappa shape index (κ3) is 5.36. The Morgan fingerprint density at radius 3 is 2.24 bits per heavy atom.